The number of aryl methyl sites for hydroxylation is 1. The summed E-state index contributed by atoms with van der Waals surface area (Å²) in [5, 5.41) is 1.27. The van der Waals surface area contributed by atoms with Gasteiger partial charge < -0.3 is 0 Å². The van der Waals surface area contributed by atoms with Crippen LogP contribution in [-0.2, 0) is 6.42 Å². The van der Waals surface area contributed by atoms with E-state index in [9.17, 15) is 8.78 Å². The van der Waals surface area contributed by atoms with Crippen molar-refractivity contribution in [3.63, 3.8) is 0 Å². The van der Waals surface area contributed by atoms with Crippen LogP contribution < -0.4 is 0 Å². The molecule has 0 atom stereocenters. The minimum Gasteiger partial charge on any atom is -0.203 e. The highest BCUT2D eigenvalue weighted by Crippen LogP contribution is 2.45. The van der Waals surface area contributed by atoms with Gasteiger partial charge in [-0.3, -0.25) is 0 Å². The molecule has 0 aromatic heterocycles. The lowest BCUT2D eigenvalue weighted by molar-refractivity contribution is 0.171. The van der Waals surface area contributed by atoms with Crippen molar-refractivity contribution in [2.75, 3.05) is 0 Å². The molecule has 2 aromatic rings. The Hall–Kier alpha value is -1.70. The Morgan fingerprint density at radius 2 is 1.55 bits per heavy atom. The molecule has 0 radical (unpaired) electrons. The molecule has 0 unspecified atom stereocenters. The van der Waals surface area contributed by atoms with Crippen LogP contribution >= 0.6 is 0 Å². The molecule has 0 N–H and O–H groups in total. The van der Waals surface area contributed by atoms with E-state index in [0.29, 0.717) is 16.9 Å². The van der Waals surface area contributed by atoms with Gasteiger partial charge in [0, 0.05) is 5.39 Å². The van der Waals surface area contributed by atoms with Crippen molar-refractivity contribution < 1.29 is 8.78 Å². The van der Waals surface area contributed by atoms with Crippen molar-refractivity contribution in [3.8, 4) is 0 Å². The average molecular weight is 397 g/mol. The van der Waals surface area contributed by atoms with E-state index in [4.69, 9.17) is 0 Å². The van der Waals surface area contributed by atoms with Crippen molar-refractivity contribution in [1.82, 2.24) is 0 Å². The molecule has 156 valence electrons. The minimum absolute atomic E-state index is 0.157. The van der Waals surface area contributed by atoms with Crippen LogP contribution in [0.1, 0.15) is 81.8 Å². The van der Waals surface area contributed by atoms with E-state index in [0.717, 1.165) is 61.3 Å². The van der Waals surface area contributed by atoms with Gasteiger partial charge in [0.25, 0.3) is 0 Å². The van der Waals surface area contributed by atoms with Crippen molar-refractivity contribution in [3.05, 3.63) is 59.7 Å². The van der Waals surface area contributed by atoms with Gasteiger partial charge in [0.1, 0.15) is 0 Å². The van der Waals surface area contributed by atoms with Gasteiger partial charge in [-0.2, -0.15) is 0 Å². The average Bonchev–Trinajstić information content (AvgIpc) is 2.77. The second-order valence-electron chi connectivity index (χ2n) is 9.42. The highest BCUT2D eigenvalue weighted by molar-refractivity contribution is 5.85. The predicted octanol–water partition coefficient (Wildman–Crippen LogP) is 8.34. The fourth-order valence-electron chi connectivity index (χ4n) is 5.89. The third-order valence-electron chi connectivity index (χ3n) is 7.68. The summed E-state index contributed by atoms with van der Waals surface area (Å²) in [7, 11) is 0. The first-order chi connectivity index (χ1) is 14.1. The quantitative estimate of drug-likeness (QED) is 0.446. The summed E-state index contributed by atoms with van der Waals surface area (Å²) in [6, 6.07) is 7.78. The number of hydrogen-bond acceptors (Lipinski definition) is 0. The molecule has 0 amide bonds. The standard InChI is InChI=1S/C27H34F2/c1-3-5-19-8-11-23-17-25(27(29)26(28)24(23)16-19)22-14-12-21(13-15-22)20-9-6-18(4-2)7-10-20/h4,8,11,16-18,20-22H,2-3,5-7,9-10,12-15H2,1H3. The van der Waals surface area contributed by atoms with Gasteiger partial charge in [-0.1, -0.05) is 31.6 Å². The second kappa shape index (κ2) is 8.98. The molecule has 2 saturated carbocycles. The zero-order valence-corrected chi connectivity index (χ0v) is 17.7. The number of rotatable bonds is 5. The fraction of sp³-hybridized carbons (Fsp3) is 0.556. The van der Waals surface area contributed by atoms with Gasteiger partial charge in [-0.15, -0.1) is 6.58 Å². The van der Waals surface area contributed by atoms with Gasteiger partial charge in [-0.25, -0.2) is 8.78 Å². The number of allylic oxidation sites excluding steroid dienone is 1. The minimum atomic E-state index is -0.652. The van der Waals surface area contributed by atoms with Crippen molar-refractivity contribution >= 4 is 10.8 Å². The summed E-state index contributed by atoms with van der Waals surface area (Å²) in [5.41, 5.74) is 1.68. The zero-order valence-electron chi connectivity index (χ0n) is 17.7. The number of fused-ring (bicyclic) bond motifs is 1. The highest BCUT2D eigenvalue weighted by Gasteiger charge is 2.32. The Morgan fingerprint density at radius 3 is 2.17 bits per heavy atom. The Balaban J connectivity index is 1.47. The molecule has 2 aromatic carbocycles. The lowest BCUT2D eigenvalue weighted by Gasteiger charge is -2.37. The van der Waals surface area contributed by atoms with Gasteiger partial charge >= 0.3 is 0 Å². The molecule has 0 aliphatic heterocycles. The fourth-order valence-corrected chi connectivity index (χ4v) is 5.89. The van der Waals surface area contributed by atoms with E-state index >= 15 is 0 Å². The predicted molar refractivity (Wildman–Crippen MR) is 118 cm³/mol. The summed E-state index contributed by atoms with van der Waals surface area (Å²) in [6.45, 7) is 6.05. The maximum atomic E-state index is 15.0. The molecule has 29 heavy (non-hydrogen) atoms. The van der Waals surface area contributed by atoms with E-state index < -0.39 is 11.6 Å². The van der Waals surface area contributed by atoms with Crippen LogP contribution in [0.3, 0.4) is 0 Å². The third kappa shape index (κ3) is 4.27. The normalized spacial score (nSPS) is 27.8. The number of halogens is 2. The topological polar surface area (TPSA) is 0 Å². The van der Waals surface area contributed by atoms with Crippen LogP contribution in [-0.4, -0.2) is 0 Å². The third-order valence-corrected chi connectivity index (χ3v) is 7.68. The van der Waals surface area contributed by atoms with Crippen LogP contribution in [0.5, 0.6) is 0 Å². The van der Waals surface area contributed by atoms with E-state index in [1.54, 1.807) is 0 Å². The van der Waals surface area contributed by atoms with Crippen molar-refractivity contribution in [2.24, 2.45) is 17.8 Å². The van der Waals surface area contributed by atoms with Gasteiger partial charge in [0.2, 0.25) is 0 Å². The van der Waals surface area contributed by atoms with Crippen molar-refractivity contribution in [2.45, 2.75) is 77.0 Å². The monoisotopic (exact) mass is 396 g/mol. The smallest absolute Gasteiger partial charge is 0.166 e. The summed E-state index contributed by atoms with van der Waals surface area (Å²) in [6.07, 6.45) is 13.5. The zero-order chi connectivity index (χ0) is 20.4. The van der Waals surface area contributed by atoms with Crippen LogP contribution in [0.15, 0.2) is 36.9 Å². The first-order valence-electron chi connectivity index (χ1n) is 11.6. The molecular weight excluding hydrogens is 362 g/mol. The molecule has 4 rings (SSSR count). The molecule has 2 fully saturated rings. The Morgan fingerprint density at radius 1 is 0.897 bits per heavy atom. The molecule has 2 aliphatic carbocycles. The summed E-state index contributed by atoms with van der Waals surface area (Å²) >= 11 is 0. The Bertz CT molecular complexity index is 852. The molecular formula is C27H34F2. The highest BCUT2D eigenvalue weighted by atomic mass is 19.2. The summed E-state index contributed by atoms with van der Waals surface area (Å²) < 4.78 is 29.9. The molecule has 2 aliphatic rings. The number of hydrogen-bond donors (Lipinski definition) is 0. The van der Waals surface area contributed by atoms with E-state index in [-0.39, 0.29) is 5.92 Å². The van der Waals surface area contributed by atoms with Gasteiger partial charge in [0.05, 0.1) is 0 Å². The first kappa shape index (κ1) is 20.6. The van der Waals surface area contributed by atoms with Crippen LogP contribution in [0.25, 0.3) is 10.8 Å². The maximum Gasteiger partial charge on any atom is 0.166 e. The van der Waals surface area contributed by atoms with Crippen molar-refractivity contribution in [1.29, 1.82) is 0 Å². The second-order valence-corrected chi connectivity index (χ2v) is 9.42. The van der Waals surface area contributed by atoms with E-state index in [1.165, 1.54) is 25.7 Å². The van der Waals surface area contributed by atoms with E-state index in [2.05, 4.69) is 25.6 Å². The molecule has 0 saturated heterocycles. The van der Waals surface area contributed by atoms with Crippen LogP contribution in [0.4, 0.5) is 8.78 Å². The van der Waals surface area contributed by atoms with E-state index in [1.807, 2.05) is 18.2 Å². The first-order valence-corrected chi connectivity index (χ1v) is 11.6. The molecule has 2 heteroatoms. The summed E-state index contributed by atoms with van der Waals surface area (Å²) in [4.78, 5) is 0. The van der Waals surface area contributed by atoms with Crippen LogP contribution in [0, 0.1) is 29.4 Å². The molecule has 0 bridgehead atoms. The lowest BCUT2D eigenvalue weighted by atomic mass is 9.68. The summed E-state index contributed by atoms with van der Waals surface area (Å²) in [5.74, 6) is 1.19. The SMILES string of the molecule is C=CC1CCC(C2CCC(c3cc4ccc(CCC)cc4c(F)c3F)CC2)CC1. The Labute approximate surface area is 174 Å². The Kier molecular flexibility index (Phi) is 6.37. The number of benzene rings is 2. The van der Waals surface area contributed by atoms with Gasteiger partial charge in [-0.05, 0) is 110 Å². The molecule has 0 nitrogen and oxygen atoms in total. The molecule has 0 heterocycles. The van der Waals surface area contributed by atoms with Gasteiger partial charge in [0.15, 0.2) is 11.6 Å². The lowest BCUT2D eigenvalue weighted by Crippen LogP contribution is -2.25. The molecule has 0 spiro atoms. The largest absolute Gasteiger partial charge is 0.203 e. The van der Waals surface area contributed by atoms with Crippen LogP contribution in [0.2, 0.25) is 0 Å². The maximum absolute atomic E-state index is 15.0.